The van der Waals surface area contributed by atoms with Crippen molar-refractivity contribution in [1.29, 1.82) is 0 Å². The van der Waals surface area contributed by atoms with E-state index in [4.69, 9.17) is 5.73 Å². The summed E-state index contributed by atoms with van der Waals surface area (Å²) in [5.41, 5.74) is 3.67. The molecule has 0 aliphatic heterocycles. The lowest BCUT2D eigenvalue weighted by atomic mass is 10.0. The van der Waals surface area contributed by atoms with Crippen molar-refractivity contribution in [3.05, 3.63) is 0 Å². The van der Waals surface area contributed by atoms with Crippen molar-refractivity contribution < 1.29 is 12.8 Å². The molecule has 0 aliphatic rings. The van der Waals surface area contributed by atoms with Crippen LogP contribution >= 0.6 is 0 Å². The number of hydrogen-bond donors (Lipinski definition) is 1. The highest BCUT2D eigenvalue weighted by Crippen LogP contribution is 2.19. The Morgan fingerprint density at radius 1 is 1.50 bits per heavy atom. The lowest BCUT2D eigenvalue weighted by molar-refractivity contribution is 0.162. The second kappa shape index (κ2) is 4.18. The Morgan fingerprint density at radius 2 is 2.00 bits per heavy atom. The third-order valence-electron chi connectivity index (χ3n) is 1.92. The van der Waals surface area contributed by atoms with E-state index in [9.17, 15) is 12.8 Å². The van der Waals surface area contributed by atoms with Crippen LogP contribution in [0.2, 0.25) is 0 Å². The third-order valence-corrected chi connectivity index (χ3v) is 2.87. The monoisotopic (exact) mass is 197 g/mol. The molecule has 0 saturated carbocycles. The minimum absolute atomic E-state index is 0.00116. The third kappa shape index (κ3) is 4.66. The quantitative estimate of drug-likeness (QED) is 0.698. The predicted molar refractivity (Wildman–Crippen MR) is 47.5 cm³/mol. The summed E-state index contributed by atoms with van der Waals surface area (Å²) in [6, 6.07) is 0. The van der Waals surface area contributed by atoms with Crippen LogP contribution in [0.3, 0.4) is 0 Å². The first-order valence-electron chi connectivity index (χ1n) is 3.90. The SMILES string of the molecule is CCC(F)(CN)CCS(C)(=O)=O. The summed E-state index contributed by atoms with van der Waals surface area (Å²) in [6.45, 7) is 1.55. The minimum Gasteiger partial charge on any atom is -0.328 e. The van der Waals surface area contributed by atoms with E-state index in [0.717, 1.165) is 6.26 Å². The van der Waals surface area contributed by atoms with Crippen LogP contribution in [-0.2, 0) is 9.84 Å². The average Bonchev–Trinajstić information content (AvgIpc) is 1.99. The highest BCUT2D eigenvalue weighted by Gasteiger charge is 2.26. The van der Waals surface area contributed by atoms with Crippen molar-refractivity contribution in [1.82, 2.24) is 0 Å². The van der Waals surface area contributed by atoms with Gasteiger partial charge in [-0.3, -0.25) is 0 Å². The molecule has 0 fully saturated rings. The Bertz CT molecular complexity index is 222. The van der Waals surface area contributed by atoms with Gasteiger partial charge in [-0.2, -0.15) is 0 Å². The van der Waals surface area contributed by atoms with Crippen molar-refractivity contribution in [3.8, 4) is 0 Å². The van der Waals surface area contributed by atoms with Gasteiger partial charge in [-0.1, -0.05) is 6.92 Å². The summed E-state index contributed by atoms with van der Waals surface area (Å²) >= 11 is 0. The van der Waals surface area contributed by atoms with Gasteiger partial charge in [0, 0.05) is 12.8 Å². The molecule has 12 heavy (non-hydrogen) atoms. The molecule has 0 spiro atoms. The smallest absolute Gasteiger partial charge is 0.147 e. The van der Waals surface area contributed by atoms with Crippen LogP contribution < -0.4 is 5.73 Å². The largest absolute Gasteiger partial charge is 0.328 e. The van der Waals surface area contributed by atoms with Crippen LogP contribution in [0.4, 0.5) is 4.39 Å². The van der Waals surface area contributed by atoms with Crippen molar-refractivity contribution >= 4 is 9.84 Å². The normalized spacial score (nSPS) is 17.3. The van der Waals surface area contributed by atoms with Gasteiger partial charge in [-0.15, -0.1) is 0 Å². The molecule has 0 saturated heterocycles. The zero-order valence-corrected chi connectivity index (χ0v) is 8.32. The number of sulfone groups is 1. The van der Waals surface area contributed by atoms with E-state index in [1.165, 1.54) is 0 Å². The summed E-state index contributed by atoms with van der Waals surface area (Å²) in [4.78, 5) is 0. The topological polar surface area (TPSA) is 60.2 Å². The number of nitrogens with two attached hydrogens (primary N) is 1. The molecule has 0 aromatic carbocycles. The number of rotatable bonds is 5. The first-order chi connectivity index (χ1) is 5.33. The van der Waals surface area contributed by atoms with Gasteiger partial charge in [0.25, 0.3) is 0 Å². The maximum Gasteiger partial charge on any atom is 0.147 e. The molecule has 0 aromatic rings. The Balaban J connectivity index is 4.07. The molecule has 5 heteroatoms. The first-order valence-corrected chi connectivity index (χ1v) is 5.96. The molecule has 0 radical (unpaired) electrons. The molecule has 1 unspecified atom stereocenters. The Hall–Kier alpha value is -0.160. The molecule has 3 nitrogen and oxygen atoms in total. The summed E-state index contributed by atoms with van der Waals surface area (Å²) in [5.74, 6) is -0.130. The molecule has 2 N–H and O–H groups in total. The fourth-order valence-electron chi connectivity index (χ4n) is 0.791. The van der Waals surface area contributed by atoms with Gasteiger partial charge in [0.15, 0.2) is 0 Å². The van der Waals surface area contributed by atoms with Gasteiger partial charge < -0.3 is 5.73 Å². The molecule has 0 aliphatic carbocycles. The summed E-state index contributed by atoms with van der Waals surface area (Å²) in [5, 5.41) is 0. The highest BCUT2D eigenvalue weighted by molar-refractivity contribution is 7.90. The summed E-state index contributed by atoms with van der Waals surface area (Å²) in [6.07, 6.45) is 1.36. The van der Waals surface area contributed by atoms with E-state index in [2.05, 4.69) is 0 Å². The van der Waals surface area contributed by atoms with E-state index in [0.29, 0.717) is 0 Å². The molecule has 0 amide bonds. The lowest BCUT2D eigenvalue weighted by Gasteiger charge is -2.20. The van der Waals surface area contributed by atoms with E-state index in [1.807, 2.05) is 0 Å². The van der Waals surface area contributed by atoms with Crippen LogP contribution in [-0.4, -0.2) is 32.6 Å². The fourth-order valence-corrected chi connectivity index (χ4v) is 1.53. The van der Waals surface area contributed by atoms with Gasteiger partial charge in [-0.05, 0) is 12.8 Å². The van der Waals surface area contributed by atoms with Crippen LogP contribution in [0.15, 0.2) is 0 Å². The molecule has 0 rings (SSSR count). The van der Waals surface area contributed by atoms with Crippen LogP contribution in [0.25, 0.3) is 0 Å². The first kappa shape index (κ1) is 11.8. The van der Waals surface area contributed by atoms with Crippen LogP contribution in [0, 0.1) is 0 Å². The Labute approximate surface area is 73.1 Å². The van der Waals surface area contributed by atoms with Crippen molar-refractivity contribution in [3.63, 3.8) is 0 Å². The van der Waals surface area contributed by atoms with Gasteiger partial charge in [0.2, 0.25) is 0 Å². The number of alkyl halides is 1. The summed E-state index contributed by atoms with van der Waals surface area (Å²) < 4.78 is 34.8. The summed E-state index contributed by atoms with van der Waals surface area (Å²) in [7, 11) is -3.07. The van der Waals surface area contributed by atoms with Gasteiger partial charge in [0.05, 0.1) is 5.75 Å². The minimum atomic E-state index is -3.07. The molecule has 74 valence electrons. The maximum atomic E-state index is 13.4. The van der Waals surface area contributed by atoms with Crippen LogP contribution in [0.5, 0.6) is 0 Å². The number of hydrogen-bond acceptors (Lipinski definition) is 3. The Kier molecular flexibility index (Phi) is 4.13. The van der Waals surface area contributed by atoms with Gasteiger partial charge >= 0.3 is 0 Å². The highest BCUT2D eigenvalue weighted by atomic mass is 32.2. The second-order valence-electron chi connectivity index (χ2n) is 3.09. The van der Waals surface area contributed by atoms with Crippen molar-refractivity contribution in [2.45, 2.75) is 25.4 Å². The Morgan fingerprint density at radius 3 is 2.25 bits per heavy atom. The predicted octanol–water partition coefficient (Wildman–Crippen LogP) is 0.498. The van der Waals surface area contributed by atoms with Gasteiger partial charge in [0.1, 0.15) is 15.5 Å². The fraction of sp³-hybridized carbons (Fsp3) is 1.00. The lowest BCUT2D eigenvalue weighted by Crippen LogP contribution is -2.34. The van der Waals surface area contributed by atoms with Crippen molar-refractivity contribution in [2.24, 2.45) is 5.73 Å². The van der Waals surface area contributed by atoms with E-state index < -0.39 is 15.5 Å². The zero-order chi connectivity index (χ0) is 9.83. The molecule has 0 bridgehead atoms. The second-order valence-corrected chi connectivity index (χ2v) is 5.35. The standard InChI is InChI=1S/C7H16FNO2S/c1-3-7(8,6-9)4-5-12(2,10)11/h3-6,9H2,1-2H3. The zero-order valence-electron chi connectivity index (χ0n) is 7.51. The molecule has 1 atom stereocenters. The van der Waals surface area contributed by atoms with E-state index in [1.54, 1.807) is 6.92 Å². The maximum absolute atomic E-state index is 13.4. The molecular formula is C7H16FNO2S. The average molecular weight is 197 g/mol. The van der Waals surface area contributed by atoms with Crippen molar-refractivity contribution in [2.75, 3.05) is 18.6 Å². The number of halogens is 1. The van der Waals surface area contributed by atoms with Gasteiger partial charge in [-0.25, -0.2) is 12.8 Å². The van der Waals surface area contributed by atoms with E-state index >= 15 is 0 Å². The molecule has 0 aromatic heterocycles. The molecule has 0 heterocycles. The molecular weight excluding hydrogens is 181 g/mol. The van der Waals surface area contributed by atoms with E-state index in [-0.39, 0.29) is 25.1 Å². The van der Waals surface area contributed by atoms with Crippen LogP contribution in [0.1, 0.15) is 19.8 Å².